The number of hydrogen-bond acceptors (Lipinski definition) is 0. The van der Waals surface area contributed by atoms with E-state index in [-0.39, 0.29) is 0 Å². The SMILES string of the molecule is c1ccc(C(=C(c2ccccc2)c2ccc(-c3ccc4c(c3)C3(c5ccccc5-c5ccccc53)c3cc(-c5ccc(C(=C(c6ccccc6)c6ccccc6)c6ccccc6)cc5)ccc3-4)cc2)c2ccccc2)cc1. The summed E-state index contributed by atoms with van der Waals surface area (Å²) >= 11 is 0. The second-order valence-corrected chi connectivity index (χ2v) is 20.2. The van der Waals surface area contributed by atoms with Crippen LogP contribution in [0.4, 0.5) is 0 Å². The Kier molecular flexibility index (Phi) is 11.5. The van der Waals surface area contributed by atoms with Gasteiger partial charge in [-0.05, 0) is 146 Å². The highest BCUT2D eigenvalue weighted by Crippen LogP contribution is 2.63. The molecule has 0 unspecified atom stereocenters. The van der Waals surface area contributed by atoms with E-state index in [1.165, 1.54) is 134 Å². The molecule has 0 saturated heterocycles. The van der Waals surface area contributed by atoms with Crippen molar-refractivity contribution in [2.24, 2.45) is 0 Å². The minimum atomic E-state index is -0.517. The van der Waals surface area contributed by atoms with Crippen LogP contribution in [0.5, 0.6) is 0 Å². The van der Waals surface area contributed by atoms with Crippen molar-refractivity contribution < 1.29 is 0 Å². The molecule has 12 aromatic rings. The van der Waals surface area contributed by atoms with Gasteiger partial charge < -0.3 is 0 Å². The zero-order chi connectivity index (χ0) is 51.1. The van der Waals surface area contributed by atoms with Gasteiger partial charge in [0.2, 0.25) is 0 Å². The first-order valence-corrected chi connectivity index (χ1v) is 26.7. The van der Waals surface area contributed by atoms with Gasteiger partial charge in [0.1, 0.15) is 0 Å². The fourth-order valence-corrected chi connectivity index (χ4v) is 12.6. The second kappa shape index (κ2) is 19.4. The predicted molar refractivity (Wildman–Crippen MR) is 322 cm³/mol. The largest absolute Gasteiger partial charge is 0.0725 e. The van der Waals surface area contributed by atoms with Crippen molar-refractivity contribution in [1.29, 1.82) is 0 Å². The summed E-state index contributed by atoms with van der Waals surface area (Å²) in [7, 11) is 0. The van der Waals surface area contributed by atoms with Gasteiger partial charge in [0, 0.05) is 0 Å². The van der Waals surface area contributed by atoms with E-state index < -0.39 is 5.41 Å². The maximum atomic E-state index is 2.50. The first-order valence-electron chi connectivity index (χ1n) is 26.7. The molecule has 0 N–H and O–H groups in total. The Labute approximate surface area is 451 Å². The van der Waals surface area contributed by atoms with Crippen molar-refractivity contribution in [3.63, 3.8) is 0 Å². The smallest absolute Gasteiger partial charge is 0.0622 e. The summed E-state index contributed by atoms with van der Waals surface area (Å²) in [5.41, 5.74) is 29.0. The van der Waals surface area contributed by atoms with Crippen molar-refractivity contribution in [1.82, 2.24) is 0 Å². The molecule has 0 bridgehead atoms. The molecule has 14 rings (SSSR count). The van der Waals surface area contributed by atoms with E-state index in [1.807, 2.05) is 0 Å². The Morgan fingerprint density at radius 1 is 0.169 bits per heavy atom. The lowest BCUT2D eigenvalue weighted by molar-refractivity contribution is 0.794. The molecule has 0 saturated carbocycles. The molecule has 0 heteroatoms. The molecule has 12 aromatic carbocycles. The van der Waals surface area contributed by atoms with E-state index in [4.69, 9.17) is 0 Å². The van der Waals surface area contributed by atoms with E-state index in [2.05, 4.69) is 315 Å². The molecule has 0 aliphatic heterocycles. The minimum Gasteiger partial charge on any atom is -0.0622 e. The number of fused-ring (bicyclic) bond motifs is 10. The quantitative estimate of drug-likeness (QED) is 0.120. The van der Waals surface area contributed by atoms with Crippen molar-refractivity contribution in [2.75, 3.05) is 0 Å². The van der Waals surface area contributed by atoms with Gasteiger partial charge in [0.05, 0.1) is 5.41 Å². The van der Waals surface area contributed by atoms with Crippen molar-refractivity contribution in [2.45, 2.75) is 5.41 Å². The van der Waals surface area contributed by atoms with Crippen LogP contribution in [0.2, 0.25) is 0 Å². The van der Waals surface area contributed by atoms with Gasteiger partial charge in [-0.3, -0.25) is 0 Å². The van der Waals surface area contributed by atoms with Crippen LogP contribution in [0.1, 0.15) is 66.8 Å². The average molecular weight is 977 g/mol. The summed E-state index contributed by atoms with van der Waals surface area (Å²) < 4.78 is 0. The average Bonchev–Trinajstić information content (AvgIpc) is 4.22. The number of rotatable bonds is 10. The summed E-state index contributed by atoms with van der Waals surface area (Å²) in [6, 6.07) is 116. The molecule has 0 heterocycles. The molecule has 0 nitrogen and oxygen atoms in total. The van der Waals surface area contributed by atoms with Crippen LogP contribution in [-0.4, -0.2) is 0 Å². The molecule has 0 aromatic heterocycles. The van der Waals surface area contributed by atoms with Crippen LogP contribution in [0.25, 0.3) is 66.8 Å². The van der Waals surface area contributed by atoms with Crippen molar-refractivity contribution in [3.05, 3.63) is 382 Å². The van der Waals surface area contributed by atoms with Gasteiger partial charge in [0.25, 0.3) is 0 Å². The number of benzene rings is 12. The lowest BCUT2D eigenvalue weighted by Crippen LogP contribution is -2.26. The van der Waals surface area contributed by atoms with Crippen LogP contribution in [0.3, 0.4) is 0 Å². The predicted octanol–water partition coefficient (Wildman–Crippen LogP) is 19.4. The topological polar surface area (TPSA) is 0 Å². The van der Waals surface area contributed by atoms with Crippen LogP contribution < -0.4 is 0 Å². The standard InChI is InChI=1S/C77H52/c1-7-23-55(24-8-1)73(56-25-9-2-10-26-56)75(59-31-15-5-16-32-59)61-43-39-53(40-44-61)63-47-49-67-68-50-48-64(52-72(68)77(71(67)51-63)69-37-21-19-35-65(69)66-36-20-22-38-70(66)77)54-41-45-62(46-42-54)76(60-33-17-6-18-34-60)74(57-27-11-3-12-28-57)58-29-13-4-14-30-58/h1-52H. The molecular weight excluding hydrogens is 925 g/mol. The molecule has 360 valence electrons. The highest BCUT2D eigenvalue weighted by atomic mass is 14.5. The molecule has 2 aliphatic carbocycles. The molecule has 1 spiro atoms. The molecule has 77 heavy (non-hydrogen) atoms. The first-order chi connectivity index (χ1) is 38.2. The third-order valence-electron chi connectivity index (χ3n) is 16.0. The third-order valence-corrected chi connectivity index (χ3v) is 16.0. The monoisotopic (exact) mass is 976 g/mol. The van der Waals surface area contributed by atoms with Gasteiger partial charge in [-0.1, -0.05) is 303 Å². The van der Waals surface area contributed by atoms with Gasteiger partial charge in [-0.15, -0.1) is 0 Å². The molecule has 0 amide bonds. The van der Waals surface area contributed by atoms with E-state index in [1.54, 1.807) is 0 Å². The summed E-state index contributed by atoms with van der Waals surface area (Å²) in [6.07, 6.45) is 0. The minimum absolute atomic E-state index is 0.517. The van der Waals surface area contributed by atoms with Crippen molar-refractivity contribution >= 4 is 22.3 Å². The molecular formula is C77H52. The Balaban J connectivity index is 0.904. The van der Waals surface area contributed by atoms with Crippen LogP contribution in [0, 0.1) is 0 Å². The van der Waals surface area contributed by atoms with E-state index in [0.29, 0.717) is 0 Å². The lowest BCUT2D eigenvalue weighted by atomic mass is 9.70. The van der Waals surface area contributed by atoms with Crippen LogP contribution in [0.15, 0.2) is 315 Å². The Morgan fingerprint density at radius 2 is 0.390 bits per heavy atom. The molecule has 0 radical (unpaired) electrons. The van der Waals surface area contributed by atoms with Crippen LogP contribution >= 0.6 is 0 Å². The third kappa shape index (κ3) is 7.85. The van der Waals surface area contributed by atoms with Gasteiger partial charge in [0.15, 0.2) is 0 Å². The highest BCUT2D eigenvalue weighted by molar-refractivity contribution is 6.06. The van der Waals surface area contributed by atoms with Crippen molar-refractivity contribution in [3.8, 4) is 44.5 Å². The van der Waals surface area contributed by atoms with Crippen LogP contribution in [-0.2, 0) is 5.41 Å². The number of hydrogen-bond donors (Lipinski definition) is 0. The second-order valence-electron chi connectivity index (χ2n) is 20.2. The summed E-state index contributed by atoms with van der Waals surface area (Å²) in [6.45, 7) is 0. The lowest BCUT2D eigenvalue weighted by Gasteiger charge is -2.31. The maximum Gasteiger partial charge on any atom is 0.0725 e. The van der Waals surface area contributed by atoms with E-state index in [9.17, 15) is 0 Å². The normalized spacial score (nSPS) is 12.3. The fraction of sp³-hybridized carbons (Fsp3) is 0.0130. The van der Waals surface area contributed by atoms with E-state index in [0.717, 1.165) is 0 Å². The van der Waals surface area contributed by atoms with Gasteiger partial charge in [-0.2, -0.15) is 0 Å². The molecule has 2 aliphatic rings. The van der Waals surface area contributed by atoms with Gasteiger partial charge >= 0.3 is 0 Å². The summed E-state index contributed by atoms with van der Waals surface area (Å²) in [5.74, 6) is 0. The Bertz CT molecular complexity index is 3810. The van der Waals surface area contributed by atoms with E-state index >= 15 is 0 Å². The first kappa shape index (κ1) is 45.7. The maximum absolute atomic E-state index is 2.50. The summed E-state index contributed by atoms with van der Waals surface area (Å²) in [4.78, 5) is 0. The highest BCUT2D eigenvalue weighted by Gasteiger charge is 2.51. The Hall–Kier alpha value is -9.88. The Morgan fingerprint density at radius 3 is 0.675 bits per heavy atom. The molecule has 0 fully saturated rings. The zero-order valence-corrected chi connectivity index (χ0v) is 42.5. The summed E-state index contributed by atoms with van der Waals surface area (Å²) in [5, 5.41) is 0. The molecule has 0 atom stereocenters. The van der Waals surface area contributed by atoms with Gasteiger partial charge in [-0.25, -0.2) is 0 Å². The zero-order valence-electron chi connectivity index (χ0n) is 42.5. The fourth-order valence-electron chi connectivity index (χ4n) is 12.6.